The number of ether oxygens (including phenoxy) is 1. The fraction of sp³-hybridized carbons (Fsp3) is 0.357. The molecule has 1 heterocycles. The van der Waals surface area contributed by atoms with E-state index in [0.29, 0.717) is 22.4 Å². The first kappa shape index (κ1) is 26.5. The number of likely N-dealkylation sites (N-methyl/N-ethyl adjacent to an activating group) is 1. The molecular formula is C28H29N3O8. The number of pyridine rings is 1. The van der Waals surface area contributed by atoms with Crippen LogP contribution in [0.4, 0.5) is 0 Å². The number of hydrogen-bond donors (Lipinski definition) is 5. The fourth-order valence-electron chi connectivity index (χ4n) is 6.38. The Kier molecular flexibility index (Phi) is 6.33. The summed E-state index contributed by atoms with van der Waals surface area (Å²) >= 11 is 0. The second-order valence-electron chi connectivity index (χ2n) is 10.4. The van der Waals surface area contributed by atoms with Crippen molar-refractivity contribution in [1.82, 2.24) is 9.88 Å². The third kappa shape index (κ3) is 3.68. The minimum absolute atomic E-state index is 0.00138. The Balaban J connectivity index is 1.78. The van der Waals surface area contributed by atoms with Crippen LogP contribution in [-0.2, 0) is 32.1 Å². The van der Waals surface area contributed by atoms with Crippen LogP contribution in [0.25, 0.3) is 17.0 Å². The second-order valence-corrected chi connectivity index (χ2v) is 10.4. The monoisotopic (exact) mass is 535 g/mol. The van der Waals surface area contributed by atoms with Crippen LogP contribution in [0.2, 0.25) is 0 Å². The number of nitrogens with zero attached hydrogens (tertiary/aromatic N) is 2. The Morgan fingerprint density at radius 1 is 1.23 bits per heavy atom. The van der Waals surface area contributed by atoms with Crippen LogP contribution < -0.4 is 5.73 Å². The van der Waals surface area contributed by atoms with Crippen molar-refractivity contribution in [3.8, 4) is 17.0 Å². The zero-order valence-electron chi connectivity index (χ0n) is 21.6. The average Bonchev–Trinajstić information content (AvgIpc) is 2.88. The van der Waals surface area contributed by atoms with Crippen molar-refractivity contribution in [2.45, 2.75) is 31.1 Å². The maximum Gasteiger partial charge on any atom is 0.255 e. The van der Waals surface area contributed by atoms with Gasteiger partial charge in [-0.3, -0.25) is 24.3 Å². The molecular weight excluding hydrogens is 506 g/mol. The van der Waals surface area contributed by atoms with Gasteiger partial charge in [0.15, 0.2) is 11.4 Å². The summed E-state index contributed by atoms with van der Waals surface area (Å²) < 4.78 is 5.23. The summed E-state index contributed by atoms with van der Waals surface area (Å²) in [5, 5.41) is 45.4. The van der Waals surface area contributed by atoms with Crippen LogP contribution in [0.15, 0.2) is 47.4 Å². The number of rotatable bonds is 5. The molecule has 204 valence electrons. The zero-order chi connectivity index (χ0) is 28.4. The SMILES string of the molecule is COCc1cc(-c2ccccn2)c2c(c1O)C(O)=C1C(=O)[C@]3(O)C(O)=C(C(N)=O)C(=O)[C@@H](N(C)C)[C@@H]3C[C@@H]1C2. The van der Waals surface area contributed by atoms with Crippen LogP contribution in [0.1, 0.15) is 23.1 Å². The lowest BCUT2D eigenvalue weighted by Gasteiger charge is -2.50. The van der Waals surface area contributed by atoms with Gasteiger partial charge >= 0.3 is 0 Å². The largest absolute Gasteiger partial charge is 0.508 e. The molecule has 0 unspecified atom stereocenters. The number of benzene rings is 1. The third-order valence-corrected chi connectivity index (χ3v) is 8.04. The molecule has 1 fully saturated rings. The van der Waals surface area contributed by atoms with E-state index in [1.807, 2.05) is 0 Å². The number of phenolic OH excluding ortho intramolecular Hbond substituents is 1. The van der Waals surface area contributed by atoms with Crippen molar-refractivity contribution < 1.29 is 39.5 Å². The summed E-state index contributed by atoms with van der Waals surface area (Å²) in [5.74, 6) is -6.92. The van der Waals surface area contributed by atoms with Crippen LogP contribution in [0, 0.1) is 11.8 Å². The maximum atomic E-state index is 14.0. The third-order valence-electron chi connectivity index (χ3n) is 8.04. The molecule has 0 bridgehead atoms. The topological polar surface area (TPSA) is 184 Å². The van der Waals surface area contributed by atoms with E-state index in [4.69, 9.17) is 10.5 Å². The van der Waals surface area contributed by atoms with Gasteiger partial charge in [0.05, 0.1) is 23.9 Å². The summed E-state index contributed by atoms with van der Waals surface area (Å²) in [6.07, 6.45) is 1.79. The highest BCUT2D eigenvalue weighted by atomic mass is 16.5. The molecule has 4 atom stereocenters. The number of Topliss-reactive ketones (excluding diaryl/α,β-unsaturated/α-hetero) is 2. The standard InChI is InChI=1S/C28H29N3O8/c1-31(2)21-16-10-12-8-15-14(17-6-4-5-7-30-17)9-13(11-39-3)22(32)19(15)23(33)18(12)25(35)28(16,38)26(36)20(24(21)34)27(29)37/h4-7,9,12,16,21,32-33,36,38H,8,10-11H2,1-3H3,(H2,29,37)/t12-,16-,21-,28-/m0/s1. The number of phenols is 1. The number of amides is 1. The number of carbonyl (C=O) groups excluding carboxylic acids is 3. The van der Waals surface area contributed by atoms with Gasteiger partial charge < -0.3 is 30.9 Å². The smallest absolute Gasteiger partial charge is 0.255 e. The van der Waals surface area contributed by atoms with E-state index >= 15 is 0 Å². The highest BCUT2D eigenvalue weighted by Gasteiger charge is 2.64. The molecule has 0 radical (unpaired) electrons. The van der Waals surface area contributed by atoms with E-state index in [-0.39, 0.29) is 36.3 Å². The Morgan fingerprint density at radius 2 is 1.95 bits per heavy atom. The summed E-state index contributed by atoms with van der Waals surface area (Å²) in [6.45, 7) is 0.00305. The number of aliphatic hydroxyl groups excluding tert-OH is 2. The van der Waals surface area contributed by atoms with Gasteiger partial charge in [-0.15, -0.1) is 0 Å². The van der Waals surface area contributed by atoms with Crippen LogP contribution in [-0.4, -0.2) is 80.6 Å². The Hall–Kier alpha value is -4.06. The number of aliphatic hydroxyl groups is 3. The second kappa shape index (κ2) is 9.30. The number of aromatic nitrogens is 1. The molecule has 6 N–H and O–H groups in total. The van der Waals surface area contributed by atoms with Crippen molar-refractivity contribution >= 4 is 23.2 Å². The molecule has 11 nitrogen and oxygen atoms in total. The highest BCUT2D eigenvalue weighted by Crippen LogP contribution is 2.54. The van der Waals surface area contributed by atoms with Crippen molar-refractivity contribution in [2.24, 2.45) is 17.6 Å². The normalized spacial score (nSPS) is 26.4. The zero-order valence-corrected chi connectivity index (χ0v) is 21.6. The number of nitrogens with two attached hydrogens (primary N) is 1. The van der Waals surface area contributed by atoms with E-state index in [9.17, 15) is 34.8 Å². The lowest BCUT2D eigenvalue weighted by molar-refractivity contribution is -0.153. The number of carbonyl (C=O) groups is 3. The molecule has 11 heteroatoms. The number of ketones is 2. The molecule has 5 rings (SSSR count). The molecule has 0 saturated heterocycles. The van der Waals surface area contributed by atoms with Gasteiger partial charge in [-0.2, -0.15) is 0 Å². The molecule has 0 aliphatic heterocycles. The van der Waals surface area contributed by atoms with E-state index in [1.165, 1.54) is 12.0 Å². The van der Waals surface area contributed by atoms with E-state index in [2.05, 4.69) is 4.98 Å². The lowest BCUT2D eigenvalue weighted by atomic mass is 9.57. The molecule has 39 heavy (non-hydrogen) atoms. The Morgan fingerprint density at radius 3 is 2.54 bits per heavy atom. The first-order chi connectivity index (χ1) is 18.4. The van der Waals surface area contributed by atoms with Gasteiger partial charge in [-0.05, 0) is 56.6 Å². The first-order valence-electron chi connectivity index (χ1n) is 12.4. The van der Waals surface area contributed by atoms with Crippen LogP contribution in [0.3, 0.4) is 0 Å². The quantitative estimate of drug-likeness (QED) is 0.348. The summed E-state index contributed by atoms with van der Waals surface area (Å²) in [4.78, 5) is 45.3. The van der Waals surface area contributed by atoms with Gasteiger partial charge in [-0.1, -0.05) is 6.07 Å². The molecule has 1 amide bonds. The number of fused-ring (bicyclic) bond motifs is 3. The summed E-state index contributed by atoms with van der Waals surface area (Å²) in [6, 6.07) is 5.91. The number of hydrogen-bond acceptors (Lipinski definition) is 10. The van der Waals surface area contributed by atoms with Crippen molar-refractivity contribution in [3.63, 3.8) is 0 Å². The van der Waals surface area contributed by atoms with E-state index in [0.717, 1.165) is 0 Å². The maximum absolute atomic E-state index is 14.0. The Labute approximate surface area is 223 Å². The minimum Gasteiger partial charge on any atom is -0.508 e. The molecule has 1 aromatic heterocycles. The molecule has 1 saturated carbocycles. The van der Waals surface area contributed by atoms with Crippen LogP contribution in [0.5, 0.6) is 5.75 Å². The number of aromatic hydroxyl groups is 1. The van der Waals surface area contributed by atoms with Crippen molar-refractivity contribution in [3.05, 3.63) is 64.1 Å². The van der Waals surface area contributed by atoms with Gasteiger partial charge in [0.2, 0.25) is 5.78 Å². The average molecular weight is 536 g/mol. The minimum atomic E-state index is -2.69. The molecule has 3 aliphatic carbocycles. The predicted octanol–water partition coefficient (Wildman–Crippen LogP) is 1.17. The molecule has 0 spiro atoms. The van der Waals surface area contributed by atoms with Crippen molar-refractivity contribution in [2.75, 3.05) is 21.2 Å². The Bertz CT molecular complexity index is 1480. The highest BCUT2D eigenvalue weighted by molar-refractivity contribution is 6.24. The molecule has 3 aliphatic rings. The van der Waals surface area contributed by atoms with Gasteiger partial charge in [-0.25, -0.2) is 0 Å². The lowest BCUT2D eigenvalue weighted by Crippen LogP contribution is -2.65. The van der Waals surface area contributed by atoms with E-state index < -0.39 is 58.0 Å². The van der Waals surface area contributed by atoms with Crippen molar-refractivity contribution in [1.29, 1.82) is 0 Å². The number of primary amides is 1. The van der Waals surface area contributed by atoms with Gasteiger partial charge in [0.1, 0.15) is 22.8 Å². The molecule has 1 aromatic carbocycles. The van der Waals surface area contributed by atoms with Gasteiger partial charge in [0, 0.05) is 35.9 Å². The summed E-state index contributed by atoms with van der Waals surface area (Å²) in [7, 11) is 4.56. The number of methoxy groups -OCH3 is 1. The molecule has 2 aromatic rings. The van der Waals surface area contributed by atoms with Gasteiger partial charge in [0.25, 0.3) is 5.91 Å². The van der Waals surface area contributed by atoms with Crippen LogP contribution >= 0.6 is 0 Å². The predicted molar refractivity (Wildman–Crippen MR) is 138 cm³/mol. The first-order valence-corrected chi connectivity index (χ1v) is 12.4. The summed E-state index contributed by atoms with van der Waals surface area (Å²) in [5.41, 5.74) is 3.70. The fourth-order valence-corrected chi connectivity index (χ4v) is 6.38. The van der Waals surface area contributed by atoms with E-state index in [1.54, 1.807) is 44.6 Å².